The van der Waals surface area contributed by atoms with Crippen LogP contribution in [0.5, 0.6) is 0 Å². The average Bonchev–Trinajstić information content (AvgIpc) is 2.42. The van der Waals surface area contributed by atoms with Gasteiger partial charge < -0.3 is 5.32 Å². The largest absolute Gasteiger partial charge is 0.312 e. The van der Waals surface area contributed by atoms with Crippen molar-refractivity contribution in [1.82, 2.24) is 10.3 Å². The molecule has 0 fully saturated rings. The SMILES string of the molecule is Cc1nc(C)c(CNCCCC(C)(C)C)s1. The molecule has 92 valence electrons. The molecule has 1 N–H and O–H groups in total. The van der Waals surface area contributed by atoms with Gasteiger partial charge in [0.2, 0.25) is 0 Å². The Kier molecular flexibility index (Phi) is 4.93. The normalized spacial score (nSPS) is 12.1. The van der Waals surface area contributed by atoms with Crippen molar-refractivity contribution >= 4 is 11.3 Å². The van der Waals surface area contributed by atoms with Gasteiger partial charge >= 0.3 is 0 Å². The van der Waals surface area contributed by atoms with E-state index in [0.29, 0.717) is 5.41 Å². The summed E-state index contributed by atoms with van der Waals surface area (Å²) in [6.45, 7) is 13.1. The predicted molar refractivity (Wildman–Crippen MR) is 72.0 cm³/mol. The number of hydrogen-bond acceptors (Lipinski definition) is 3. The van der Waals surface area contributed by atoms with Crippen LogP contribution in [-0.2, 0) is 6.54 Å². The molecule has 0 unspecified atom stereocenters. The summed E-state index contributed by atoms with van der Waals surface area (Å²) in [6, 6.07) is 0. The summed E-state index contributed by atoms with van der Waals surface area (Å²) in [5.74, 6) is 0. The van der Waals surface area contributed by atoms with Gasteiger partial charge in [-0.15, -0.1) is 11.3 Å². The van der Waals surface area contributed by atoms with Gasteiger partial charge in [0.25, 0.3) is 0 Å². The van der Waals surface area contributed by atoms with E-state index in [1.165, 1.54) is 28.4 Å². The summed E-state index contributed by atoms with van der Waals surface area (Å²) in [6.07, 6.45) is 2.53. The highest BCUT2D eigenvalue weighted by Crippen LogP contribution is 2.20. The molecule has 0 radical (unpaired) electrons. The lowest BCUT2D eigenvalue weighted by Crippen LogP contribution is -2.16. The molecule has 0 amide bonds. The van der Waals surface area contributed by atoms with Gasteiger partial charge in [0.1, 0.15) is 0 Å². The monoisotopic (exact) mass is 240 g/mol. The van der Waals surface area contributed by atoms with Crippen molar-refractivity contribution < 1.29 is 0 Å². The Morgan fingerprint density at radius 3 is 2.44 bits per heavy atom. The first kappa shape index (κ1) is 13.7. The van der Waals surface area contributed by atoms with E-state index >= 15 is 0 Å². The Balaban J connectivity index is 2.19. The minimum absolute atomic E-state index is 0.457. The van der Waals surface area contributed by atoms with Gasteiger partial charge in [0.15, 0.2) is 0 Å². The zero-order valence-corrected chi connectivity index (χ0v) is 12.0. The van der Waals surface area contributed by atoms with Crippen LogP contribution in [0.3, 0.4) is 0 Å². The average molecular weight is 240 g/mol. The molecule has 2 nitrogen and oxygen atoms in total. The molecule has 1 aromatic rings. The minimum Gasteiger partial charge on any atom is -0.312 e. The lowest BCUT2D eigenvalue weighted by Gasteiger charge is -2.17. The number of hydrogen-bond donors (Lipinski definition) is 1. The number of nitrogens with one attached hydrogen (secondary N) is 1. The molecule has 1 rings (SSSR count). The van der Waals surface area contributed by atoms with Crippen molar-refractivity contribution in [2.75, 3.05) is 6.54 Å². The van der Waals surface area contributed by atoms with Crippen LogP contribution in [0.2, 0.25) is 0 Å². The fraction of sp³-hybridized carbons (Fsp3) is 0.769. The molecule has 0 bridgehead atoms. The van der Waals surface area contributed by atoms with Crippen LogP contribution in [0, 0.1) is 19.3 Å². The molecule has 0 aliphatic heterocycles. The van der Waals surface area contributed by atoms with Gasteiger partial charge in [-0.05, 0) is 38.6 Å². The molecule has 3 heteroatoms. The predicted octanol–water partition coefficient (Wildman–Crippen LogP) is 3.68. The van der Waals surface area contributed by atoms with Crippen LogP contribution in [0.1, 0.15) is 49.2 Å². The molecule has 0 atom stereocenters. The van der Waals surface area contributed by atoms with E-state index in [1.807, 2.05) is 0 Å². The van der Waals surface area contributed by atoms with Gasteiger partial charge in [-0.2, -0.15) is 0 Å². The second-order valence-corrected chi connectivity index (χ2v) is 6.87. The molecule has 0 spiro atoms. The molecular weight excluding hydrogens is 216 g/mol. The molecule has 0 aromatic carbocycles. The zero-order valence-electron chi connectivity index (χ0n) is 11.2. The van der Waals surface area contributed by atoms with E-state index < -0.39 is 0 Å². The van der Waals surface area contributed by atoms with Crippen molar-refractivity contribution in [3.63, 3.8) is 0 Å². The highest BCUT2D eigenvalue weighted by molar-refractivity contribution is 7.11. The molecule has 0 aliphatic carbocycles. The Labute approximate surface area is 103 Å². The van der Waals surface area contributed by atoms with Crippen LogP contribution in [0.15, 0.2) is 0 Å². The molecule has 0 saturated heterocycles. The van der Waals surface area contributed by atoms with Crippen molar-refractivity contribution in [1.29, 1.82) is 0 Å². The van der Waals surface area contributed by atoms with E-state index in [0.717, 1.165) is 13.1 Å². The van der Waals surface area contributed by atoms with E-state index in [2.05, 4.69) is 44.9 Å². The Morgan fingerprint density at radius 2 is 1.94 bits per heavy atom. The zero-order chi connectivity index (χ0) is 12.2. The molecular formula is C13H24N2S. The van der Waals surface area contributed by atoms with Gasteiger partial charge in [0, 0.05) is 11.4 Å². The standard InChI is InChI=1S/C13H24N2S/c1-10-12(16-11(2)15-10)9-14-8-6-7-13(3,4)5/h14H,6-9H2,1-5H3. The summed E-state index contributed by atoms with van der Waals surface area (Å²) >= 11 is 1.80. The molecule has 16 heavy (non-hydrogen) atoms. The van der Waals surface area contributed by atoms with Crippen LogP contribution in [0.25, 0.3) is 0 Å². The Hall–Kier alpha value is -0.410. The fourth-order valence-corrected chi connectivity index (χ4v) is 2.59. The number of nitrogens with zero attached hydrogens (tertiary/aromatic N) is 1. The first-order chi connectivity index (χ1) is 7.38. The smallest absolute Gasteiger partial charge is 0.0900 e. The third-order valence-corrected chi connectivity index (χ3v) is 3.64. The van der Waals surface area contributed by atoms with Gasteiger partial charge in [0.05, 0.1) is 10.7 Å². The van der Waals surface area contributed by atoms with Crippen molar-refractivity contribution in [2.24, 2.45) is 5.41 Å². The van der Waals surface area contributed by atoms with Gasteiger partial charge in [-0.1, -0.05) is 20.8 Å². The second-order valence-electron chi connectivity index (χ2n) is 5.58. The first-order valence-corrected chi connectivity index (χ1v) is 6.84. The maximum atomic E-state index is 4.43. The van der Waals surface area contributed by atoms with E-state index in [9.17, 15) is 0 Å². The summed E-state index contributed by atoms with van der Waals surface area (Å²) < 4.78 is 0. The van der Waals surface area contributed by atoms with Crippen molar-refractivity contribution in [3.05, 3.63) is 15.6 Å². The Morgan fingerprint density at radius 1 is 1.25 bits per heavy atom. The van der Waals surface area contributed by atoms with Crippen LogP contribution in [-0.4, -0.2) is 11.5 Å². The van der Waals surface area contributed by atoms with E-state index in [-0.39, 0.29) is 0 Å². The first-order valence-electron chi connectivity index (χ1n) is 6.02. The summed E-state index contributed by atoms with van der Waals surface area (Å²) in [4.78, 5) is 5.81. The number of thiazole rings is 1. The quantitative estimate of drug-likeness (QED) is 0.794. The number of rotatable bonds is 5. The van der Waals surface area contributed by atoms with Crippen LogP contribution >= 0.6 is 11.3 Å². The topological polar surface area (TPSA) is 24.9 Å². The lowest BCUT2D eigenvalue weighted by atomic mass is 9.91. The van der Waals surface area contributed by atoms with Gasteiger partial charge in [-0.3, -0.25) is 0 Å². The van der Waals surface area contributed by atoms with Crippen LogP contribution < -0.4 is 5.32 Å². The lowest BCUT2D eigenvalue weighted by molar-refractivity contribution is 0.361. The summed E-state index contributed by atoms with van der Waals surface area (Å²) in [7, 11) is 0. The van der Waals surface area contributed by atoms with Crippen molar-refractivity contribution in [3.8, 4) is 0 Å². The highest BCUT2D eigenvalue weighted by atomic mass is 32.1. The maximum Gasteiger partial charge on any atom is 0.0900 e. The Bertz CT molecular complexity index is 323. The summed E-state index contributed by atoms with van der Waals surface area (Å²) in [5.41, 5.74) is 1.64. The van der Waals surface area contributed by atoms with Gasteiger partial charge in [-0.25, -0.2) is 4.98 Å². The van der Waals surface area contributed by atoms with Crippen LogP contribution in [0.4, 0.5) is 0 Å². The highest BCUT2D eigenvalue weighted by Gasteiger charge is 2.09. The van der Waals surface area contributed by atoms with E-state index in [4.69, 9.17) is 0 Å². The second kappa shape index (κ2) is 5.78. The molecule has 0 saturated carbocycles. The fourth-order valence-electron chi connectivity index (χ4n) is 1.68. The van der Waals surface area contributed by atoms with E-state index in [1.54, 1.807) is 11.3 Å². The maximum absolute atomic E-state index is 4.43. The molecule has 1 heterocycles. The number of aryl methyl sites for hydroxylation is 2. The number of aromatic nitrogens is 1. The molecule has 0 aliphatic rings. The third-order valence-electron chi connectivity index (χ3n) is 2.57. The summed E-state index contributed by atoms with van der Waals surface area (Å²) in [5, 5.41) is 4.67. The molecule has 1 aromatic heterocycles. The third kappa shape index (κ3) is 5.08. The van der Waals surface area contributed by atoms with Crippen molar-refractivity contribution in [2.45, 2.75) is 54.0 Å². The minimum atomic E-state index is 0.457.